The highest BCUT2D eigenvalue weighted by molar-refractivity contribution is 7.92. The molecule has 0 saturated heterocycles. The van der Waals surface area contributed by atoms with E-state index in [2.05, 4.69) is 5.32 Å². The minimum atomic E-state index is -3.74. The number of para-hydroxylation sites is 1. The predicted octanol–water partition coefficient (Wildman–Crippen LogP) is 3.98. The molecule has 0 atom stereocenters. The number of carbonyl (C=O) groups excluding carboxylic acids is 1. The Balaban J connectivity index is 1.45. The topological polar surface area (TPSA) is 119 Å². The van der Waals surface area contributed by atoms with Crippen LogP contribution in [-0.2, 0) is 21.2 Å². The quantitative estimate of drug-likeness (QED) is 0.403. The standard InChI is InChI=1S/C24H23N3O6S/c1-16-14-19(34(31,32)26-13-12-18-6-3-4-8-22(18)26)10-11-23(16)33-15-24(28)25-20-7-5-9-21(17(20)2)27(29)30/h3-11,14H,12-13,15H2,1-2H3,(H,25,28). The second-order valence-electron chi connectivity index (χ2n) is 7.93. The number of nitrogens with one attached hydrogen (secondary N) is 1. The molecule has 4 rings (SSSR count). The lowest BCUT2D eigenvalue weighted by atomic mass is 10.1. The molecule has 0 aromatic heterocycles. The number of benzene rings is 3. The fourth-order valence-corrected chi connectivity index (χ4v) is 5.50. The second-order valence-corrected chi connectivity index (χ2v) is 9.79. The Morgan fingerprint density at radius 1 is 1.12 bits per heavy atom. The van der Waals surface area contributed by atoms with Crippen molar-refractivity contribution in [3.05, 3.63) is 87.5 Å². The van der Waals surface area contributed by atoms with Gasteiger partial charge in [0.05, 0.1) is 26.8 Å². The molecule has 0 radical (unpaired) electrons. The van der Waals surface area contributed by atoms with Gasteiger partial charge in [-0.25, -0.2) is 8.42 Å². The first kappa shape index (κ1) is 23.2. The number of hydrogen-bond donors (Lipinski definition) is 1. The lowest BCUT2D eigenvalue weighted by molar-refractivity contribution is -0.385. The van der Waals surface area contributed by atoms with Gasteiger partial charge in [0.25, 0.3) is 21.6 Å². The van der Waals surface area contributed by atoms with E-state index in [1.54, 1.807) is 26.0 Å². The van der Waals surface area contributed by atoms with E-state index in [-0.39, 0.29) is 17.2 Å². The molecular weight excluding hydrogens is 458 g/mol. The van der Waals surface area contributed by atoms with E-state index >= 15 is 0 Å². The van der Waals surface area contributed by atoms with E-state index in [4.69, 9.17) is 4.74 Å². The van der Waals surface area contributed by atoms with E-state index in [1.165, 1.54) is 34.6 Å². The van der Waals surface area contributed by atoms with Crippen molar-refractivity contribution >= 4 is 33.0 Å². The van der Waals surface area contributed by atoms with Crippen LogP contribution in [-0.4, -0.2) is 32.4 Å². The van der Waals surface area contributed by atoms with Gasteiger partial charge in [-0.05, 0) is 61.7 Å². The van der Waals surface area contributed by atoms with Crippen LogP contribution in [0.1, 0.15) is 16.7 Å². The summed E-state index contributed by atoms with van der Waals surface area (Å²) in [6, 6.07) is 16.4. The average Bonchev–Trinajstić information content (AvgIpc) is 3.24. The number of nitro groups is 1. The normalized spacial score (nSPS) is 12.8. The van der Waals surface area contributed by atoms with Gasteiger partial charge in [-0.3, -0.25) is 19.2 Å². The summed E-state index contributed by atoms with van der Waals surface area (Å²) in [4.78, 5) is 23.0. The lowest BCUT2D eigenvalue weighted by Crippen LogP contribution is -2.29. The molecule has 0 spiro atoms. The van der Waals surface area contributed by atoms with Crippen molar-refractivity contribution in [3.8, 4) is 5.75 Å². The van der Waals surface area contributed by atoms with Crippen molar-refractivity contribution in [2.45, 2.75) is 25.2 Å². The summed E-state index contributed by atoms with van der Waals surface area (Å²) in [6.07, 6.45) is 0.661. The fourth-order valence-electron chi connectivity index (χ4n) is 3.92. The average molecular weight is 482 g/mol. The molecule has 10 heteroatoms. The molecule has 1 aliphatic rings. The molecule has 0 fully saturated rings. The van der Waals surface area contributed by atoms with Crippen LogP contribution in [0.25, 0.3) is 0 Å². The van der Waals surface area contributed by atoms with Crippen molar-refractivity contribution in [1.82, 2.24) is 0 Å². The van der Waals surface area contributed by atoms with Crippen LogP contribution in [0.5, 0.6) is 5.75 Å². The van der Waals surface area contributed by atoms with Crippen molar-refractivity contribution in [2.24, 2.45) is 0 Å². The van der Waals surface area contributed by atoms with Gasteiger partial charge in [0.15, 0.2) is 6.61 Å². The van der Waals surface area contributed by atoms with E-state index in [9.17, 15) is 23.3 Å². The third kappa shape index (κ3) is 4.44. The molecule has 3 aromatic rings. The molecule has 1 aliphatic heterocycles. The number of fused-ring (bicyclic) bond motifs is 1. The summed E-state index contributed by atoms with van der Waals surface area (Å²) < 4.78 is 33.4. The Kier molecular flexibility index (Phi) is 6.25. The maximum Gasteiger partial charge on any atom is 0.274 e. The van der Waals surface area contributed by atoms with Crippen LogP contribution in [0.4, 0.5) is 17.1 Å². The highest BCUT2D eigenvalue weighted by Crippen LogP contribution is 2.34. The number of amides is 1. The van der Waals surface area contributed by atoms with Gasteiger partial charge in [0.2, 0.25) is 0 Å². The molecule has 1 amide bonds. The van der Waals surface area contributed by atoms with Crippen molar-refractivity contribution < 1.29 is 22.9 Å². The Morgan fingerprint density at radius 3 is 2.62 bits per heavy atom. The number of hydrogen-bond acceptors (Lipinski definition) is 6. The van der Waals surface area contributed by atoms with Gasteiger partial charge < -0.3 is 10.1 Å². The molecule has 9 nitrogen and oxygen atoms in total. The largest absolute Gasteiger partial charge is 0.483 e. The van der Waals surface area contributed by atoms with Gasteiger partial charge >= 0.3 is 0 Å². The van der Waals surface area contributed by atoms with Gasteiger partial charge in [-0.1, -0.05) is 24.3 Å². The summed E-state index contributed by atoms with van der Waals surface area (Å²) in [6.45, 7) is 3.30. The monoisotopic (exact) mass is 481 g/mol. The molecule has 1 N–H and O–H groups in total. The highest BCUT2D eigenvalue weighted by Gasteiger charge is 2.30. The Morgan fingerprint density at radius 2 is 1.88 bits per heavy atom. The lowest BCUT2D eigenvalue weighted by Gasteiger charge is -2.20. The minimum absolute atomic E-state index is 0.0908. The SMILES string of the molecule is Cc1cc(S(=O)(=O)N2CCc3ccccc32)ccc1OCC(=O)Nc1cccc([N+](=O)[O-])c1C. The maximum absolute atomic E-state index is 13.2. The zero-order valence-electron chi connectivity index (χ0n) is 18.6. The number of rotatable bonds is 7. The summed E-state index contributed by atoms with van der Waals surface area (Å²) >= 11 is 0. The molecule has 0 saturated carbocycles. The van der Waals surface area contributed by atoms with Crippen molar-refractivity contribution in [3.63, 3.8) is 0 Å². The van der Waals surface area contributed by atoms with Crippen molar-refractivity contribution in [2.75, 3.05) is 22.8 Å². The molecule has 3 aromatic carbocycles. The molecular formula is C24H23N3O6S. The number of carbonyl (C=O) groups is 1. The van der Waals surface area contributed by atoms with Crippen LogP contribution in [0.15, 0.2) is 65.6 Å². The Hall–Kier alpha value is -3.92. The summed E-state index contributed by atoms with van der Waals surface area (Å²) in [5.74, 6) is -0.125. The molecule has 0 unspecified atom stereocenters. The molecule has 34 heavy (non-hydrogen) atoms. The number of anilines is 2. The summed E-state index contributed by atoms with van der Waals surface area (Å²) in [5.41, 5.74) is 2.82. The highest BCUT2D eigenvalue weighted by atomic mass is 32.2. The Labute approximate surface area is 197 Å². The molecule has 176 valence electrons. The van der Waals surface area contributed by atoms with Crippen molar-refractivity contribution in [1.29, 1.82) is 0 Å². The van der Waals surface area contributed by atoms with Gasteiger partial charge in [0, 0.05) is 12.6 Å². The number of ether oxygens (including phenoxy) is 1. The summed E-state index contributed by atoms with van der Waals surface area (Å²) in [7, 11) is -3.74. The Bertz CT molecular complexity index is 1390. The van der Waals surface area contributed by atoms with Gasteiger partial charge in [-0.15, -0.1) is 0 Å². The van der Waals surface area contributed by atoms with E-state index < -0.39 is 20.9 Å². The predicted molar refractivity (Wildman–Crippen MR) is 128 cm³/mol. The van der Waals surface area contributed by atoms with Gasteiger partial charge in [-0.2, -0.15) is 0 Å². The third-order valence-electron chi connectivity index (χ3n) is 5.71. The van der Waals surface area contributed by atoms with Crippen LogP contribution in [0, 0.1) is 24.0 Å². The summed E-state index contributed by atoms with van der Waals surface area (Å²) in [5, 5.41) is 13.7. The minimum Gasteiger partial charge on any atom is -0.483 e. The zero-order chi connectivity index (χ0) is 24.5. The number of aryl methyl sites for hydroxylation is 1. The fraction of sp³-hybridized carbons (Fsp3) is 0.208. The molecule has 1 heterocycles. The van der Waals surface area contributed by atoms with Crippen LogP contribution >= 0.6 is 0 Å². The molecule has 0 aliphatic carbocycles. The van der Waals surface area contributed by atoms with E-state index in [0.29, 0.717) is 41.2 Å². The maximum atomic E-state index is 13.2. The number of nitrogens with zero attached hydrogens (tertiary/aromatic N) is 2. The third-order valence-corrected chi connectivity index (χ3v) is 7.52. The second kappa shape index (κ2) is 9.14. The van der Waals surface area contributed by atoms with E-state index in [0.717, 1.165) is 5.56 Å². The van der Waals surface area contributed by atoms with Crippen LogP contribution < -0.4 is 14.4 Å². The molecule has 0 bridgehead atoms. The zero-order valence-corrected chi connectivity index (χ0v) is 19.5. The first-order chi connectivity index (χ1) is 16.2. The van der Waals surface area contributed by atoms with E-state index in [1.807, 2.05) is 18.2 Å². The number of sulfonamides is 1. The van der Waals surface area contributed by atoms with Crippen LogP contribution in [0.2, 0.25) is 0 Å². The van der Waals surface area contributed by atoms with Gasteiger partial charge in [0.1, 0.15) is 5.75 Å². The number of nitro benzene ring substituents is 1. The smallest absolute Gasteiger partial charge is 0.274 e. The first-order valence-electron chi connectivity index (χ1n) is 10.6. The van der Waals surface area contributed by atoms with Crippen LogP contribution in [0.3, 0.4) is 0 Å². The first-order valence-corrected chi connectivity index (χ1v) is 12.0.